The lowest BCUT2D eigenvalue weighted by atomic mass is 10.1. The van der Waals surface area contributed by atoms with E-state index in [1.165, 1.54) is 6.07 Å². The Kier molecular flexibility index (Phi) is 4.45. The van der Waals surface area contributed by atoms with E-state index in [1.807, 2.05) is 6.07 Å². The molecule has 6 heteroatoms. The summed E-state index contributed by atoms with van der Waals surface area (Å²) in [6.45, 7) is 3.82. The molecule has 1 aliphatic rings. The lowest BCUT2D eigenvalue weighted by Crippen LogP contribution is -2.29. The molecular weight excluding hydrogens is 335 g/mol. The molecule has 4 nitrogen and oxygen atoms in total. The van der Waals surface area contributed by atoms with Gasteiger partial charge >= 0.3 is 0 Å². The molecular formula is C15H16BrFN4. The first-order chi connectivity index (χ1) is 10.2. The first kappa shape index (κ1) is 14.4. The molecule has 1 N–H and O–H groups in total. The van der Waals surface area contributed by atoms with Gasteiger partial charge in [0, 0.05) is 31.4 Å². The molecule has 0 amide bonds. The molecule has 0 spiro atoms. The quantitative estimate of drug-likeness (QED) is 0.904. The van der Waals surface area contributed by atoms with Crippen LogP contribution in [0.4, 0.5) is 10.3 Å². The third-order valence-corrected chi connectivity index (χ3v) is 4.09. The Hall–Kier alpha value is -1.53. The monoisotopic (exact) mass is 350 g/mol. The number of halogens is 2. The average Bonchev–Trinajstić information content (AvgIpc) is 2.79. The van der Waals surface area contributed by atoms with Gasteiger partial charge in [0.05, 0.1) is 10.2 Å². The van der Waals surface area contributed by atoms with Crippen molar-refractivity contribution >= 4 is 21.9 Å². The zero-order chi connectivity index (χ0) is 14.7. The maximum Gasteiger partial charge on any atom is 0.225 e. The molecule has 0 bridgehead atoms. The topological polar surface area (TPSA) is 41.1 Å². The Bertz CT molecular complexity index is 627. The maximum atomic E-state index is 13.3. The van der Waals surface area contributed by atoms with Crippen molar-refractivity contribution < 1.29 is 4.39 Å². The zero-order valence-corrected chi connectivity index (χ0v) is 13.1. The molecule has 21 heavy (non-hydrogen) atoms. The van der Waals surface area contributed by atoms with Gasteiger partial charge in [0.15, 0.2) is 0 Å². The summed E-state index contributed by atoms with van der Waals surface area (Å²) in [6, 6.07) is 6.76. The molecule has 110 valence electrons. The predicted molar refractivity (Wildman–Crippen MR) is 84.8 cm³/mol. The van der Waals surface area contributed by atoms with Gasteiger partial charge in [0.1, 0.15) is 5.82 Å². The van der Waals surface area contributed by atoms with E-state index in [4.69, 9.17) is 0 Å². The van der Waals surface area contributed by atoms with Crippen LogP contribution >= 0.6 is 15.9 Å². The fraction of sp³-hybridized carbons (Fsp3) is 0.333. The summed E-state index contributed by atoms with van der Waals surface area (Å²) in [5, 5.41) is 3.36. The summed E-state index contributed by atoms with van der Waals surface area (Å²) < 4.78 is 13.8. The number of hydrogen-bond donors (Lipinski definition) is 1. The highest BCUT2D eigenvalue weighted by molar-refractivity contribution is 9.10. The minimum atomic E-state index is -0.272. The number of rotatable bonds is 2. The van der Waals surface area contributed by atoms with Crippen molar-refractivity contribution in [3.8, 4) is 11.3 Å². The largest absolute Gasteiger partial charge is 0.339 e. The van der Waals surface area contributed by atoms with Crippen LogP contribution in [0, 0.1) is 5.82 Å². The van der Waals surface area contributed by atoms with Crippen LogP contribution < -0.4 is 10.2 Å². The minimum Gasteiger partial charge on any atom is -0.339 e. The van der Waals surface area contributed by atoms with Gasteiger partial charge in [0.2, 0.25) is 5.95 Å². The average molecular weight is 351 g/mol. The van der Waals surface area contributed by atoms with Gasteiger partial charge in [-0.3, -0.25) is 0 Å². The Morgan fingerprint density at radius 2 is 2.10 bits per heavy atom. The normalized spacial score (nSPS) is 15.8. The molecule has 3 rings (SSSR count). The molecule has 1 aromatic carbocycles. The Labute approximate surface area is 131 Å². The fourth-order valence-corrected chi connectivity index (χ4v) is 2.74. The van der Waals surface area contributed by atoms with Crippen molar-refractivity contribution in [1.82, 2.24) is 15.3 Å². The number of aromatic nitrogens is 2. The highest BCUT2D eigenvalue weighted by Crippen LogP contribution is 2.24. The Balaban J connectivity index is 1.89. The summed E-state index contributed by atoms with van der Waals surface area (Å²) in [5.41, 5.74) is 1.68. The predicted octanol–water partition coefficient (Wildman–Crippen LogP) is 2.84. The third kappa shape index (κ3) is 3.39. The maximum absolute atomic E-state index is 13.3. The third-order valence-electron chi connectivity index (χ3n) is 3.48. The van der Waals surface area contributed by atoms with E-state index in [2.05, 4.69) is 36.1 Å². The standard InChI is InChI=1S/C15H16BrFN4/c16-12-10-11(2-3-13(12)17)14-4-6-19-15(20-14)21-8-1-5-18-7-9-21/h2-4,6,10,18H,1,5,7-9H2. The van der Waals surface area contributed by atoms with Crippen LogP contribution in [0.15, 0.2) is 34.9 Å². The van der Waals surface area contributed by atoms with E-state index in [0.29, 0.717) is 4.47 Å². The fourth-order valence-electron chi connectivity index (χ4n) is 2.36. The van der Waals surface area contributed by atoms with Crippen molar-refractivity contribution in [3.05, 3.63) is 40.8 Å². The molecule has 1 saturated heterocycles. The summed E-state index contributed by atoms with van der Waals surface area (Å²) in [5.74, 6) is 0.461. The van der Waals surface area contributed by atoms with Gasteiger partial charge in [-0.25, -0.2) is 14.4 Å². The number of anilines is 1. The van der Waals surface area contributed by atoms with Gasteiger partial charge < -0.3 is 10.2 Å². The van der Waals surface area contributed by atoms with Gasteiger partial charge in [0.25, 0.3) is 0 Å². The number of benzene rings is 1. The van der Waals surface area contributed by atoms with Crippen LogP contribution in [0.3, 0.4) is 0 Å². The van der Waals surface area contributed by atoms with Crippen LogP contribution in [0.25, 0.3) is 11.3 Å². The lowest BCUT2D eigenvalue weighted by Gasteiger charge is -2.20. The summed E-state index contributed by atoms with van der Waals surface area (Å²) >= 11 is 3.21. The number of nitrogens with zero attached hydrogens (tertiary/aromatic N) is 3. The highest BCUT2D eigenvalue weighted by atomic mass is 79.9. The summed E-state index contributed by atoms with van der Waals surface area (Å²) in [7, 11) is 0. The molecule has 2 heterocycles. The van der Waals surface area contributed by atoms with Gasteiger partial charge in [-0.05, 0) is 53.2 Å². The van der Waals surface area contributed by atoms with Crippen molar-refractivity contribution in [1.29, 1.82) is 0 Å². The molecule has 0 atom stereocenters. The summed E-state index contributed by atoms with van der Waals surface area (Å²) in [6.07, 6.45) is 2.84. The van der Waals surface area contributed by atoms with E-state index in [1.54, 1.807) is 18.3 Å². The van der Waals surface area contributed by atoms with Crippen LogP contribution in [-0.4, -0.2) is 36.1 Å². The molecule has 1 fully saturated rings. The van der Waals surface area contributed by atoms with Crippen LogP contribution in [0.1, 0.15) is 6.42 Å². The van der Waals surface area contributed by atoms with Gasteiger partial charge in [-0.2, -0.15) is 0 Å². The molecule has 1 aliphatic heterocycles. The van der Waals surface area contributed by atoms with E-state index < -0.39 is 0 Å². The highest BCUT2D eigenvalue weighted by Gasteiger charge is 2.13. The molecule has 0 radical (unpaired) electrons. The Morgan fingerprint density at radius 1 is 1.19 bits per heavy atom. The molecule has 1 aromatic heterocycles. The van der Waals surface area contributed by atoms with E-state index in [0.717, 1.165) is 49.8 Å². The van der Waals surface area contributed by atoms with E-state index >= 15 is 0 Å². The van der Waals surface area contributed by atoms with Crippen molar-refractivity contribution in [2.75, 3.05) is 31.1 Å². The molecule has 0 saturated carbocycles. The number of nitrogens with one attached hydrogen (secondary N) is 1. The number of hydrogen-bond acceptors (Lipinski definition) is 4. The van der Waals surface area contributed by atoms with E-state index in [9.17, 15) is 4.39 Å². The lowest BCUT2D eigenvalue weighted by molar-refractivity contribution is 0.621. The summed E-state index contributed by atoms with van der Waals surface area (Å²) in [4.78, 5) is 11.2. The molecule has 0 unspecified atom stereocenters. The van der Waals surface area contributed by atoms with Crippen LogP contribution in [0.2, 0.25) is 0 Å². The Morgan fingerprint density at radius 3 is 2.95 bits per heavy atom. The van der Waals surface area contributed by atoms with E-state index in [-0.39, 0.29) is 5.82 Å². The smallest absolute Gasteiger partial charge is 0.225 e. The SMILES string of the molecule is Fc1ccc(-c2ccnc(N3CCCNCC3)n2)cc1Br. The molecule has 0 aliphatic carbocycles. The first-order valence-corrected chi connectivity index (χ1v) is 7.77. The second-order valence-corrected chi connectivity index (χ2v) is 5.82. The van der Waals surface area contributed by atoms with Gasteiger partial charge in [-0.1, -0.05) is 0 Å². The van der Waals surface area contributed by atoms with Crippen LogP contribution in [-0.2, 0) is 0 Å². The second-order valence-electron chi connectivity index (χ2n) is 4.96. The van der Waals surface area contributed by atoms with Crippen LogP contribution in [0.5, 0.6) is 0 Å². The zero-order valence-electron chi connectivity index (χ0n) is 11.5. The van der Waals surface area contributed by atoms with Crippen molar-refractivity contribution in [2.24, 2.45) is 0 Å². The molecule has 2 aromatic rings. The van der Waals surface area contributed by atoms with Crippen molar-refractivity contribution in [2.45, 2.75) is 6.42 Å². The second kappa shape index (κ2) is 6.49. The first-order valence-electron chi connectivity index (χ1n) is 6.98. The van der Waals surface area contributed by atoms with Gasteiger partial charge in [-0.15, -0.1) is 0 Å². The van der Waals surface area contributed by atoms with Crippen molar-refractivity contribution in [3.63, 3.8) is 0 Å². The minimum absolute atomic E-state index is 0.272.